The second kappa shape index (κ2) is 3.57. The van der Waals surface area contributed by atoms with Crippen molar-refractivity contribution >= 4 is 22.4 Å². The van der Waals surface area contributed by atoms with Gasteiger partial charge in [-0.2, -0.15) is 0 Å². The van der Waals surface area contributed by atoms with Gasteiger partial charge in [-0.05, 0) is 23.6 Å². The van der Waals surface area contributed by atoms with Gasteiger partial charge in [0.15, 0.2) is 0 Å². The Bertz CT molecular complexity index is 523. The fourth-order valence-corrected chi connectivity index (χ4v) is 1.38. The molecule has 0 amide bonds. The van der Waals surface area contributed by atoms with Gasteiger partial charge in [0.25, 0.3) is 0 Å². The van der Waals surface area contributed by atoms with Crippen molar-refractivity contribution in [1.29, 1.82) is 0 Å². The van der Waals surface area contributed by atoms with E-state index in [0.29, 0.717) is 5.69 Å². The highest BCUT2D eigenvalue weighted by molar-refractivity contribution is 5.93. The van der Waals surface area contributed by atoms with Crippen LogP contribution in [-0.4, -0.2) is 18.1 Å². The molecule has 2 N–H and O–H groups in total. The molecule has 0 saturated heterocycles. The predicted molar refractivity (Wildman–Crippen MR) is 57.5 cm³/mol. The number of ether oxygens (including phenoxy) is 1. The molecular weight excluding hydrogens is 192 g/mol. The highest BCUT2D eigenvalue weighted by Gasteiger charge is 2.07. The van der Waals surface area contributed by atoms with Gasteiger partial charge < -0.3 is 10.5 Å². The number of esters is 1. The number of hydrogen-bond acceptors (Lipinski definition) is 4. The zero-order chi connectivity index (χ0) is 10.8. The van der Waals surface area contributed by atoms with Crippen LogP contribution in [0.2, 0.25) is 0 Å². The molecule has 0 aliphatic carbocycles. The summed E-state index contributed by atoms with van der Waals surface area (Å²) < 4.78 is 4.58. The molecule has 0 spiro atoms. The Morgan fingerprint density at radius 1 is 1.33 bits per heavy atom. The average Bonchev–Trinajstić information content (AvgIpc) is 2.27. The number of hydrogen-bond donors (Lipinski definition) is 1. The molecule has 1 aromatic heterocycles. The first-order valence-corrected chi connectivity index (χ1v) is 4.44. The van der Waals surface area contributed by atoms with E-state index < -0.39 is 5.97 Å². The summed E-state index contributed by atoms with van der Waals surface area (Å²) in [7, 11) is 1.33. The highest BCUT2D eigenvalue weighted by Crippen LogP contribution is 2.17. The second-order valence-corrected chi connectivity index (χ2v) is 3.17. The first-order chi connectivity index (χ1) is 7.20. The molecule has 0 atom stereocenters. The van der Waals surface area contributed by atoms with Crippen LogP contribution in [-0.2, 0) is 4.74 Å². The molecule has 0 aliphatic rings. The fraction of sp³-hybridized carbons (Fsp3) is 0.0909. The third kappa shape index (κ3) is 1.74. The first kappa shape index (κ1) is 9.45. The van der Waals surface area contributed by atoms with E-state index in [0.717, 1.165) is 10.8 Å². The van der Waals surface area contributed by atoms with Gasteiger partial charge in [-0.1, -0.05) is 6.07 Å². The Labute approximate surface area is 86.7 Å². The standard InChI is InChI=1S/C11H10N2O2/c1-15-11(14)10-5-8-4-9(12)3-2-7(8)6-13-10/h2-6H,12H2,1H3. The van der Waals surface area contributed by atoms with Crippen LogP contribution in [0, 0.1) is 0 Å². The molecule has 0 aliphatic heterocycles. The first-order valence-electron chi connectivity index (χ1n) is 4.44. The Kier molecular flexibility index (Phi) is 2.25. The number of carbonyl (C=O) groups excluding carboxylic acids is 1. The van der Waals surface area contributed by atoms with Crippen LogP contribution < -0.4 is 5.73 Å². The summed E-state index contributed by atoms with van der Waals surface area (Å²) in [5.74, 6) is -0.445. The van der Waals surface area contributed by atoms with Crippen molar-refractivity contribution in [2.24, 2.45) is 0 Å². The van der Waals surface area contributed by atoms with Crippen molar-refractivity contribution in [3.63, 3.8) is 0 Å². The molecule has 76 valence electrons. The number of rotatable bonds is 1. The van der Waals surface area contributed by atoms with E-state index in [2.05, 4.69) is 9.72 Å². The number of carbonyl (C=O) groups is 1. The maximum Gasteiger partial charge on any atom is 0.356 e. The van der Waals surface area contributed by atoms with E-state index >= 15 is 0 Å². The van der Waals surface area contributed by atoms with Gasteiger partial charge in [0, 0.05) is 17.3 Å². The largest absolute Gasteiger partial charge is 0.464 e. The number of benzene rings is 1. The van der Waals surface area contributed by atoms with E-state index in [1.54, 1.807) is 24.4 Å². The molecule has 4 nitrogen and oxygen atoms in total. The highest BCUT2D eigenvalue weighted by atomic mass is 16.5. The van der Waals surface area contributed by atoms with Gasteiger partial charge in [0.1, 0.15) is 5.69 Å². The van der Waals surface area contributed by atoms with Crippen LogP contribution in [0.4, 0.5) is 5.69 Å². The monoisotopic (exact) mass is 202 g/mol. The van der Waals surface area contributed by atoms with Gasteiger partial charge in [-0.3, -0.25) is 0 Å². The van der Waals surface area contributed by atoms with Crippen LogP contribution in [0.25, 0.3) is 10.8 Å². The molecule has 15 heavy (non-hydrogen) atoms. The van der Waals surface area contributed by atoms with Crippen LogP contribution in [0.3, 0.4) is 0 Å². The van der Waals surface area contributed by atoms with Gasteiger partial charge in [0.05, 0.1) is 7.11 Å². The van der Waals surface area contributed by atoms with Gasteiger partial charge in [-0.25, -0.2) is 9.78 Å². The third-order valence-electron chi connectivity index (χ3n) is 2.14. The molecule has 1 aromatic carbocycles. The summed E-state index contributed by atoms with van der Waals surface area (Å²) in [4.78, 5) is 15.2. The number of anilines is 1. The molecule has 0 fully saturated rings. The maximum atomic E-state index is 11.2. The molecule has 0 bridgehead atoms. The molecule has 0 saturated carbocycles. The topological polar surface area (TPSA) is 65.2 Å². The molecule has 0 radical (unpaired) electrons. The van der Waals surface area contributed by atoms with Crippen LogP contribution in [0.5, 0.6) is 0 Å². The zero-order valence-corrected chi connectivity index (χ0v) is 8.23. The van der Waals surface area contributed by atoms with Crippen molar-refractivity contribution in [3.05, 3.63) is 36.2 Å². The van der Waals surface area contributed by atoms with E-state index in [1.807, 2.05) is 6.07 Å². The molecule has 2 rings (SSSR count). The SMILES string of the molecule is COC(=O)c1cc2cc(N)ccc2cn1. The zero-order valence-electron chi connectivity index (χ0n) is 8.23. The lowest BCUT2D eigenvalue weighted by molar-refractivity contribution is 0.0594. The minimum Gasteiger partial charge on any atom is -0.464 e. The summed E-state index contributed by atoms with van der Waals surface area (Å²) in [5.41, 5.74) is 6.59. The second-order valence-electron chi connectivity index (χ2n) is 3.17. The van der Waals surface area contributed by atoms with Gasteiger partial charge in [-0.15, -0.1) is 0 Å². The molecule has 1 heterocycles. The summed E-state index contributed by atoms with van der Waals surface area (Å²) in [6.07, 6.45) is 1.63. The number of methoxy groups -OCH3 is 1. The number of nitrogens with two attached hydrogens (primary N) is 1. The van der Waals surface area contributed by atoms with Crippen molar-refractivity contribution in [2.45, 2.75) is 0 Å². The quantitative estimate of drug-likeness (QED) is 0.563. The van der Waals surface area contributed by atoms with Crippen molar-refractivity contribution < 1.29 is 9.53 Å². The van der Waals surface area contributed by atoms with Gasteiger partial charge in [0.2, 0.25) is 0 Å². The number of nitrogens with zero attached hydrogens (tertiary/aromatic N) is 1. The fourth-order valence-electron chi connectivity index (χ4n) is 1.38. The van der Waals surface area contributed by atoms with Crippen LogP contribution in [0.1, 0.15) is 10.5 Å². The average molecular weight is 202 g/mol. The summed E-state index contributed by atoms with van der Waals surface area (Å²) in [6, 6.07) is 7.11. The van der Waals surface area contributed by atoms with E-state index in [-0.39, 0.29) is 5.69 Å². The Hall–Kier alpha value is -2.10. The van der Waals surface area contributed by atoms with Crippen LogP contribution >= 0.6 is 0 Å². The van der Waals surface area contributed by atoms with Crippen molar-refractivity contribution in [3.8, 4) is 0 Å². The normalized spacial score (nSPS) is 10.2. The van der Waals surface area contributed by atoms with E-state index in [1.165, 1.54) is 7.11 Å². The lowest BCUT2D eigenvalue weighted by Crippen LogP contribution is -2.03. The maximum absolute atomic E-state index is 11.2. The lowest BCUT2D eigenvalue weighted by Gasteiger charge is -2.01. The Morgan fingerprint density at radius 2 is 2.13 bits per heavy atom. The van der Waals surface area contributed by atoms with Crippen molar-refractivity contribution in [2.75, 3.05) is 12.8 Å². The predicted octanol–water partition coefficient (Wildman–Crippen LogP) is 1.60. The molecule has 0 unspecified atom stereocenters. The number of pyridine rings is 1. The smallest absolute Gasteiger partial charge is 0.356 e. The summed E-state index contributed by atoms with van der Waals surface area (Å²) >= 11 is 0. The number of fused-ring (bicyclic) bond motifs is 1. The molecule has 2 aromatic rings. The molecule has 4 heteroatoms. The van der Waals surface area contributed by atoms with E-state index in [9.17, 15) is 4.79 Å². The number of nitrogen functional groups attached to an aromatic ring is 1. The summed E-state index contributed by atoms with van der Waals surface area (Å²) in [6.45, 7) is 0. The minimum absolute atomic E-state index is 0.288. The minimum atomic E-state index is -0.445. The number of aromatic nitrogens is 1. The Morgan fingerprint density at radius 3 is 2.87 bits per heavy atom. The van der Waals surface area contributed by atoms with Crippen molar-refractivity contribution in [1.82, 2.24) is 4.98 Å². The lowest BCUT2D eigenvalue weighted by atomic mass is 10.1. The van der Waals surface area contributed by atoms with E-state index in [4.69, 9.17) is 5.73 Å². The third-order valence-corrected chi connectivity index (χ3v) is 2.14. The molecular formula is C11H10N2O2. The van der Waals surface area contributed by atoms with Gasteiger partial charge >= 0.3 is 5.97 Å². The van der Waals surface area contributed by atoms with Crippen LogP contribution in [0.15, 0.2) is 30.5 Å². The summed E-state index contributed by atoms with van der Waals surface area (Å²) in [5, 5.41) is 1.82. The Balaban J connectivity index is 2.59.